The third-order valence-corrected chi connectivity index (χ3v) is 8.75. The molecule has 0 aliphatic rings. The number of nitrogens with two attached hydrogens (primary N) is 1. The largest absolute Gasteiger partial charge is 0.365 e. The van der Waals surface area contributed by atoms with Gasteiger partial charge in [-0.25, -0.2) is 18.4 Å². The third-order valence-electron chi connectivity index (χ3n) is 6.51. The van der Waals surface area contributed by atoms with Gasteiger partial charge in [-0.15, -0.1) is 11.3 Å². The second-order valence-corrected chi connectivity index (χ2v) is 10.8. The van der Waals surface area contributed by atoms with E-state index in [4.69, 9.17) is 5.73 Å². The number of pyridine rings is 1. The Morgan fingerprint density at radius 2 is 1.90 bits per heavy atom. The van der Waals surface area contributed by atoms with Gasteiger partial charge in [0.2, 0.25) is 0 Å². The van der Waals surface area contributed by atoms with Crippen molar-refractivity contribution in [3.63, 3.8) is 0 Å². The number of nitrogens with one attached hydrogen (secondary N) is 1. The lowest BCUT2D eigenvalue weighted by Gasteiger charge is -2.10. The number of rotatable bonds is 8. The minimum absolute atomic E-state index is 0.0176. The Labute approximate surface area is 239 Å². The van der Waals surface area contributed by atoms with Crippen molar-refractivity contribution >= 4 is 55.0 Å². The topological polar surface area (TPSA) is 139 Å². The number of fused-ring (bicyclic) bond motifs is 1. The lowest BCUT2D eigenvalue weighted by atomic mass is 10.0. The van der Waals surface area contributed by atoms with Gasteiger partial charge in [0, 0.05) is 29.4 Å². The summed E-state index contributed by atoms with van der Waals surface area (Å²) in [6.07, 6.45) is 0.341. The molecule has 15 heteroatoms. The van der Waals surface area contributed by atoms with E-state index in [1.54, 1.807) is 26.4 Å². The van der Waals surface area contributed by atoms with Gasteiger partial charge in [0.25, 0.3) is 18.2 Å². The fourth-order valence-electron chi connectivity index (χ4n) is 4.45. The molecule has 3 N–H and O–H groups in total. The first-order chi connectivity index (χ1) is 19.0. The summed E-state index contributed by atoms with van der Waals surface area (Å²) in [5.41, 5.74) is 8.73. The summed E-state index contributed by atoms with van der Waals surface area (Å²) in [5.74, 6) is -1.44. The zero-order chi connectivity index (χ0) is 28.9. The van der Waals surface area contributed by atoms with Gasteiger partial charge in [-0.1, -0.05) is 0 Å². The van der Waals surface area contributed by atoms with Crippen LogP contribution in [0.2, 0.25) is 0 Å². The van der Waals surface area contributed by atoms with E-state index in [-0.39, 0.29) is 27.8 Å². The third kappa shape index (κ3) is 4.79. The second-order valence-electron chi connectivity index (χ2n) is 9.03. The van der Waals surface area contributed by atoms with E-state index >= 15 is 0 Å². The number of hydrogen-bond acceptors (Lipinski definition) is 7. The van der Waals surface area contributed by atoms with Crippen molar-refractivity contribution in [2.45, 2.75) is 47.3 Å². The molecular formula is C25H24BrF2N9O2S. The van der Waals surface area contributed by atoms with Gasteiger partial charge in [0.1, 0.15) is 22.1 Å². The van der Waals surface area contributed by atoms with Gasteiger partial charge < -0.3 is 11.1 Å². The summed E-state index contributed by atoms with van der Waals surface area (Å²) in [4.78, 5) is 30.0. The Balaban J connectivity index is 1.57. The molecule has 0 aromatic carbocycles. The number of hydrogen-bond donors (Lipinski definition) is 2. The molecule has 0 saturated heterocycles. The fourth-order valence-corrected chi connectivity index (χ4v) is 5.75. The average Bonchev–Trinajstić information content (AvgIpc) is 3.67. The quantitative estimate of drug-likeness (QED) is 0.246. The molecule has 0 aliphatic carbocycles. The van der Waals surface area contributed by atoms with Crippen molar-refractivity contribution in [3.05, 3.63) is 62.3 Å². The first-order valence-corrected chi connectivity index (χ1v) is 13.7. The lowest BCUT2D eigenvalue weighted by Crippen LogP contribution is -2.18. The molecule has 11 nitrogen and oxygen atoms in total. The van der Waals surface area contributed by atoms with Crippen molar-refractivity contribution < 1.29 is 18.4 Å². The van der Waals surface area contributed by atoms with Crippen LogP contribution in [-0.2, 0) is 13.2 Å². The van der Waals surface area contributed by atoms with Crippen LogP contribution in [-0.4, -0.2) is 46.1 Å². The smallest absolute Gasteiger partial charge is 0.280 e. The van der Waals surface area contributed by atoms with Crippen LogP contribution in [0.4, 0.5) is 14.5 Å². The number of carbonyl (C=O) groups excluding carboxylic acids is 2. The number of nitrogens with zero attached hydrogens (tertiary/aromatic N) is 7. The molecule has 5 aromatic heterocycles. The summed E-state index contributed by atoms with van der Waals surface area (Å²) >= 11 is 4.33. The molecule has 0 bridgehead atoms. The summed E-state index contributed by atoms with van der Waals surface area (Å²) in [6, 6.07) is 2.78. The molecule has 0 saturated carbocycles. The van der Waals surface area contributed by atoms with Crippen LogP contribution >= 0.6 is 27.3 Å². The minimum Gasteiger partial charge on any atom is -0.365 e. The molecule has 208 valence electrons. The van der Waals surface area contributed by atoms with E-state index < -0.39 is 23.9 Å². The predicted molar refractivity (Wildman–Crippen MR) is 150 cm³/mol. The van der Waals surface area contributed by atoms with Crippen LogP contribution in [0.1, 0.15) is 56.3 Å². The first-order valence-electron chi connectivity index (χ1n) is 12.1. The molecule has 2 amide bonds. The SMILES string of the molecule is CCn1ncc(-c2cc(C(F)F)nc3sc(C(N)=O)c(NC(=O)c4ccn(Cn5nc(C)c(Br)c5C)n4)c23)c1C. The maximum absolute atomic E-state index is 13.8. The molecular weight excluding hydrogens is 608 g/mol. The van der Waals surface area contributed by atoms with Crippen molar-refractivity contribution in [2.75, 3.05) is 5.32 Å². The summed E-state index contributed by atoms with van der Waals surface area (Å²) < 4.78 is 33.5. The van der Waals surface area contributed by atoms with Crippen molar-refractivity contribution in [2.24, 2.45) is 5.73 Å². The minimum atomic E-state index is -2.85. The first kappa shape index (κ1) is 27.6. The van der Waals surface area contributed by atoms with Gasteiger partial charge in [-0.2, -0.15) is 15.3 Å². The maximum atomic E-state index is 13.8. The van der Waals surface area contributed by atoms with Gasteiger partial charge in [-0.05, 0) is 61.3 Å². The summed E-state index contributed by atoms with van der Waals surface area (Å²) in [7, 11) is 0. The molecule has 40 heavy (non-hydrogen) atoms. The normalized spacial score (nSPS) is 11.6. The second kappa shape index (κ2) is 10.5. The number of anilines is 1. The Morgan fingerprint density at radius 1 is 1.15 bits per heavy atom. The molecule has 0 aliphatic heterocycles. The zero-order valence-corrected chi connectivity index (χ0v) is 24.3. The Hall–Kier alpha value is -3.98. The number of halogens is 3. The molecule has 5 heterocycles. The number of amides is 2. The van der Waals surface area contributed by atoms with E-state index in [0.717, 1.165) is 32.9 Å². The van der Waals surface area contributed by atoms with E-state index in [1.165, 1.54) is 12.1 Å². The number of carbonyl (C=O) groups is 2. The lowest BCUT2D eigenvalue weighted by molar-refractivity contribution is 0.100. The fraction of sp³-hybridized carbons (Fsp3) is 0.280. The van der Waals surface area contributed by atoms with E-state index in [0.29, 0.717) is 23.1 Å². The zero-order valence-electron chi connectivity index (χ0n) is 21.9. The highest BCUT2D eigenvalue weighted by molar-refractivity contribution is 9.10. The van der Waals surface area contributed by atoms with Crippen molar-refractivity contribution in [1.82, 2.24) is 34.3 Å². The molecule has 5 aromatic rings. The highest BCUT2D eigenvalue weighted by atomic mass is 79.9. The molecule has 5 rings (SSSR count). The number of aryl methyl sites for hydroxylation is 2. The number of aromatic nitrogens is 7. The number of primary amides is 1. The predicted octanol–water partition coefficient (Wildman–Crippen LogP) is 5.06. The summed E-state index contributed by atoms with van der Waals surface area (Å²) in [6.45, 7) is 8.34. The highest BCUT2D eigenvalue weighted by Gasteiger charge is 2.27. The summed E-state index contributed by atoms with van der Waals surface area (Å²) in [5, 5.41) is 16.2. The highest BCUT2D eigenvalue weighted by Crippen LogP contribution is 2.43. The molecule has 0 atom stereocenters. The molecule has 0 spiro atoms. The van der Waals surface area contributed by atoms with Crippen LogP contribution < -0.4 is 11.1 Å². The standard InChI is InChI=1S/C25H24BrF2N9O2S/c1-5-36-12(3)15(9-30-36)14-8-17(22(27)28)31-25-18(14)20(21(40-25)23(29)38)32-24(39)16-6-7-35(34-16)10-37-13(4)19(26)11(2)33-37/h6-9,22H,5,10H2,1-4H3,(H2,29,38)(H,32,39). The van der Waals surface area contributed by atoms with E-state index in [1.807, 2.05) is 27.7 Å². The van der Waals surface area contributed by atoms with Gasteiger partial charge in [0.05, 0.1) is 27.7 Å². The maximum Gasteiger partial charge on any atom is 0.280 e. The Kier molecular flexibility index (Phi) is 7.27. The van der Waals surface area contributed by atoms with Crippen molar-refractivity contribution in [3.8, 4) is 11.1 Å². The Bertz CT molecular complexity index is 1790. The van der Waals surface area contributed by atoms with Gasteiger partial charge >= 0.3 is 0 Å². The monoisotopic (exact) mass is 631 g/mol. The van der Waals surface area contributed by atoms with E-state index in [2.05, 4.69) is 41.5 Å². The van der Waals surface area contributed by atoms with Gasteiger partial charge in [0.15, 0.2) is 5.69 Å². The number of alkyl halides is 2. The Morgan fingerprint density at radius 3 is 2.50 bits per heavy atom. The van der Waals surface area contributed by atoms with Gasteiger partial charge in [-0.3, -0.25) is 19.0 Å². The molecule has 0 radical (unpaired) electrons. The van der Waals surface area contributed by atoms with Crippen molar-refractivity contribution in [1.29, 1.82) is 0 Å². The molecule has 0 unspecified atom stereocenters. The van der Waals surface area contributed by atoms with Crippen LogP contribution in [0.5, 0.6) is 0 Å². The number of thiophene rings is 1. The van der Waals surface area contributed by atoms with Crippen LogP contribution in [0, 0.1) is 20.8 Å². The molecule has 0 fully saturated rings. The van der Waals surface area contributed by atoms with Crippen LogP contribution in [0.25, 0.3) is 21.3 Å². The average molecular weight is 632 g/mol. The van der Waals surface area contributed by atoms with Crippen LogP contribution in [0.3, 0.4) is 0 Å². The van der Waals surface area contributed by atoms with E-state index in [9.17, 15) is 18.4 Å². The van der Waals surface area contributed by atoms with Crippen LogP contribution in [0.15, 0.2) is 29.0 Å².